The Balaban J connectivity index is 1.31. The van der Waals surface area contributed by atoms with E-state index in [9.17, 15) is 8.42 Å². The average molecular weight is 316 g/mol. The highest BCUT2D eigenvalue weighted by molar-refractivity contribution is 7.88. The van der Waals surface area contributed by atoms with Gasteiger partial charge in [0.1, 0.15) is 0 Å². The Morgan fingerprint density at radius 1 is 1.24 bits per heavy atom. The Kier molecular flexibility index (Phi) is 4.88. The molecular weight excluding hydrogens is 288 g/mol. The van der Waals surface area contributed by atoms with Crippen LogP contribution in [0.2, 0.25) is 0 Å². The number of ether oxygens (including phenoxy) is 1. The standard InChI is InChI=1S/C15H28N2O3S/c1-21(18,19)17-8-4-14(11-17)20-9-5-13-10-15(13)12-2-6-16-7-3-12/h12-16H,2-11H2,1H3/t13?,14?,15-/m1/s1. The van der Waals surface area contributed by atoms with E-state index in [1.807, 2.05) is 0 Å². The summed E-state index contributed by atoms with van der Waals surface area (Å²) in [6.07, 6.45) is 7.45. The van der Waals surface area contributed by atoms with Crippen LogP contribution in [0, 0.1) is 17.8 Å². The predicted molar refractivity (Wildman–Crippen MR) is 82.6 cm³/mol. The zero-order chi connectivity index (χ0) is 14.9. The van der Waals surface area contributed by atoms with E-state index < -0.39 is 10.0 Å². The smallest absolute Gasteiger partial charge is 0.211 e. The van der Waals surface area contributed by atoms with Gasteiger partial charge in [0.05, 0.1) is 12.4 Å². The van der Waals surface area contributed by atoms with E-state index in [2.05, 4.69) is 5.32 Å². The number of piperidine rings is 1. The van der Waals surface area contributed by atoms with Crippen molar-refractivity contribution >= 4 is 10.0 Å². The van der Waals surface area contributed by atoms with Crippen LogP contribution in [0.3, 0.4) is 0 Å². The molecule has 5 nitrogen and oxygen atoms in total. The van der Waals surface area contributed by atoms with Crippen LogP contribution in [-0.2, 0) is 14.8 Å². The lowest BCUT2D eigenvalue weighted by Gasteiger charge is -2.22. The minimum Gasteiger partial charge on any atom is -0.377 e. The summed E-state index contributed by atoms with van der Waals surface area (Å²) in [5.74, 6) is 2.73. The van der Waals surface area contributed by atoms with Gasteiger partial charge >= 0.3 is 0 Å². The zero-order valence-corrected chi connectivity index (χ0v) is 13.8. The minimum atomic E-state index is -3.04. The summed E-state index contributed by atoms with van der Waals surface area (Å²) < 4.78 is 30.3. The summed E-state index contributed by atoms with van der Waals surface area (Å²) >= 11 is 0. The molecule has 2 heterocycles. The molecule has 21 heavy (non-hydrogen) atoms. The molecule has 0 aromatic rings. The normalized spacial score (nSPS) is 35.2. The molecule has 3 atom stereocenters. The van der Waals surface area contributed by atoms with Crippen molar-refractivity contribution in [1.82, 2.24) is 9.62 Å². The fourth-order valence-electron chi connectivity index (χ4n) is 3.97. The van der Waals surface area contributed by atoms with Crippen LogP contribution < -0.4 is 5.32 Å². The van der Waals surface area contributed by atoms with Crippen LogP contribution >= 0.6 is 0 Å². The molecule has 1 N–H and O–H groups in total. The maximum Gasteiger partial charge on any atom is 0.211 e. The Morgan fingerprint density at radius 2 is 2.00 bits per heavy atom. The van der Waals surface area contributed by atoms with Gasteiger partial charge in [0.25, 0.3) is 0 Å². The monoisotopic (exact) mass is 316 g/mol. The summed E-state index contributed by atoms with van der Waals surface area (Å²) in [6.45, 7) is 4.34. The van der Waals surface area contributed by atoms with E-state index in [-0.39, 0.29) is 6.10 Å². The van der Waals surface area contributed by atoms with Gasteiger partial charge in [-0.25, -0.2) is 8.42 Å². The van der Waals surface area contributed by atoms with Crippen LogP contribution in [0.4, 0.5) is 0 Å². The minimum absolute atomic E-state index is 0.107. The molecule has 0 radical (unpaired) electrons. The van der Waals surface area contributed by atoms with Crippen LogP contribution in [0.5, 0.6) is 0 Å². The van der Waals surface area contributed by atoms with Crippen molar-refractivity contribution in [3.05, 3.63) is 0 Å². The van der Waals surface area contributed by atoms with Gasteiger partial charge in [-0.1, -0.05) is 0 Å². The SMILES string of the molecule is CS(=O)(=O)N1CCC(OCCC2C[C@@H]2C2CCNCC2)C1. The third kappa shape index (κ3) is 4.18. The lowest BCUT2D eigenvalue weighted by atomic mass is 9.91. The van der Waals surface area contributed by atoms with Gasteiger partial charge in [0.2, 0.25) is 10.0 Å². The number of sulfonamides is 1. The van der Waals surface area contributed by atoms with Crippen molar-refractivity contribution in [1.29, 1.82) is 0 Å². The molecule has 3 aliphatic rings. The quantitative estimate of drug-likeness (QED) is 0.796. The van der Waals surface area contributed by atoms with E-state index >= 15 is 0 Å². The summed E-state index contributed by atoms with van der Waals surface area (Å²) in [5.41, 5.74) is 0. The first-order valence-corrected chi connectivity index (χ1v) is 10.2. The second-order valence-corrected chi connectivity index (χ2v) is 8.92. The van der Waals surface area contributed by atoms with E-state index in [0.717, 1.165) is 37.2 Å². The largest absolute Gasteiger partial charge is 0.377 e. The summed E-state index contributed by atoms with van der Waals surface area (Å²) in [7, 11) is -3.04. The lowest BCUT2D eigenvalue weighted by Crippen LogP contribution is -2.29. The Morgan fingerprint density at radius 3 is 2.67 bits per heavy atom. The first-order chi connectivity index (χ1) is 10.0. The number of hydrogen-bond donors (Lipinski definition) is 1. The van der Waals surface area contributed by atoms with Gasteiger partial charge in [0.15, 0.2) is 0 Å². The Hall–Kier alpha value is -0.170. The van der Waals surface area contributed by atoms with Crippen molar-refractivity contribution in [2.45, 2.75) is 38.2 Å². The van der Waals surface area contributed by atoms with Crippen molar-refractivity contribution in [3.63, 3.8) is 0 Å². The number of rotatable bonds is 6. The second-order valence-electron chi connectivity index (χ2n) is 6.94. The maximum absolute atomic E-state index is 11.5. The van der Waals surface area contributed by atoms with Crippen molar-refractivity contribution < 1.29 is 13.2 Å². The predicted octanol–water partition coefficient (Wildman–Crippen LogP) is 1.06. The molecular formula is C15H28N2O3S. The van der Waals surface area contributed by atoms with Gasteiger partial charge in [-0.05, 0) is 62.9 Å². The summed E-state index contributed by atoms with van der Waals surface area (Å²) in [4.78, 5) is 0. The molecule has 2 saturated heterocycles. The average Bonchev–Trinajstić information content (AvgIpc) is 3.05. The number of hydrogen-bond acceptors (Lipinski definition) is 4. The zero-order valence-electron chi connectivity index (χ0n) is 13.0. The number of nitrogens with zero attached hydrogens (tertiary/aromatic N) is 1. The van der Waals surface area contributed by atoms with Crippen LogP contribution in [0.1, 0.15) is 32.1 Å². The molecule has 3 fully saturated rings. The van der Waals surface area contributed by atoms with Gasteiger partial charge < -0.3 is 10.1 Å². The molecule has 1 aliphatic carbocycles. The molecule has 0 bridgehead atoms. The van der Waals surface area contributed by atoms with Crippen LogP contribution in [-0.4, -0.2) is 57.9 Å². The van der Waals surface area contributed by atoms with E-state index in [0.29, 0.717) is 13.1 Å². The lowest BCUT2D eigenvalue weighted by molar-refractivity contribution is 0.0581. The highest BCUT2D eigenvalue weighted by atomic mass is 32.2. The number of nitrogens with one attached hydrogen (secondary N) is 1. The first kappa shape index (κ1) is 15.7. The van der Waals surface area contributed by atoms with Crippen LogP contribution in [0.15, 0.2) is 0 Å². The van der Waals surface area contributed by atoms with E-state index in [1.54, 1.807) is 0 Å². The molecule has 0 aromatic heterocycles. The van der Waals surface area contributed by atoms with Crippen LogP contribution in [0.25, 0.3) is 0 Å². The molecule has 2 unspecified atom stereocenters. The molecule has 3 rings (SSSR count). The third-order valence-electron chi connectivity index (χ3n) is 5.39. The molecule has 2 aliphatic heterocycles. The van der Waals surface area contributed by atoms with Crippen molar-refractivity contribution in [2.24, 2.45) is 17.8 Å². The fourth-order valence-corrected chi connectivity index (χ4v) is 4.85. The topological polar surface area (TPSA) is 58.6 Å². The van der Waals surface area contributed by atoms with E-state index in [1.165, 1.54) is 42.9 Å². The second kappa shape index (κ2) is 6.52. The van der Waals surface area contributed by atoms with Crippen molar-refractivity contribution in [2.75, 3.05) is 39.0 Å². The van der Waals surface area contributed by atoms with Crippen molar-refractivity contribution in [3.8, 4) is 0 Å². The Labute approximate surface area is 128 Å². The summed E-state index contributed by atoms with van der Waals surface area (Å²) in [6, 6.07) is 0. The van der Waals surface area contributed by atoms with Gasteiger partial charge in [-0.15, -0.1) is 0 Å². The molecule has 1 saturated carbocycles. The van der Waals surface area contributed by atoms with E-state index in [4.69, 9.17) is 4.74 Å². The third-order valence-corrected chi connectivity index (χ3v) is 6.66. The molecule has 6 heteroatoms. The Bertz CT molecular complexity index is 448. The van der Waals surface area contributed by atoms with Gasteiger partial charge in [-0.3, -0.25) is 0 Å². The van der Waals surface area contributed by atoms with Gasteiger partial charge in [-0.2, -0.15) is 4.31 Å². The molecule has 0 spiro atoms. The molecule has 0 amide bonds. The fraction of sp³-hybridized carbons (Fsp3) is 1.00. The van der Waals surface area contributed by atoms with Gasteiger partial charge in [0, 0.05) is 19.7 Å². The highest BCUT2D eigenvalue weighted by Crippen LogP contribution is 2.49. The first-order valence-electron chi connectivity index (χ1n) is 8.31. The molecule has 0 aromatic carbocycles. The summed E-state index contributed by atoms with van der Waals surface area (Å²) in [5, 5.41) is 3.43. The maximum atomic E-state index is 11.5. The molecule has 122 valence electrons. The highest BCUT2D eigenvalue weighted by Gasteiger charge is 2.42.